The molecule has 3 saturated heterocycles. The molecule has 4 fully saturated rings. The first-order chi connectivity index (χ1) is 33.3. The maximum atomic E-state index is 14.6. The van der Waals surface area contributed by atoms with Gasteiger partial charge in [-0.05, 0) is 105 Å². The zero-order valence-electron chi connectivity index (χ0n) is 39.3. The Morgan fingerprint density at radius 3 is 2.47 bits per heavy atom. The van der Waals surface area contributed by atoms with Crippen molar-refractivity contribution in [2.24, 2.45) is 13.0 Å². The van der Waals surface area contributed by atoms with Gasteiger partial charge in [-0.3, -0.25) is 29.7 Å². The number of carbonyl (C=O) groups excluding carboxylic acids is 3. The molecule has 16 nitrogen and oxygen atoms in total. The number of ketones is 1. The van der Waals surface area contributed by atoms with E-state index in [2.05, 4.69) is 28.1 Å². The first-order valence-electron chi connectivity index (χ1n) is 23.8. The van der Waals surface area contributed by atoms with Gasteiger partial charge in [-0.2, -0.15) is 9.40 Å². The lowest BCUT2D eigenvalue weighted by Crippen LogP contribution is -2.55. The number of imide groups is 1. The van der Waals surface area contributed by atoms with E-state index in [4.69, 9.17) is 26.5 Å². The number of ether oxygens (including phenoxy) is 1. The Kier molecular flexibility index (Phi) is 13.7. The quantitative estimate of drug-likeness (QED) is 0.0495. The molecule has 3 aromatic carbocycles. The largest absolute Gasteiger partial charge is 0.479 e. The van der Waals surface area contributed by atoms with Crippen molar-refractivity contribution >= 4 is 79.1 Å². The molecule has 4 unspecified atom stereocenters. The molecule has 0 radical (unpaired) electrons. The van der Waals surface area contributed by atoms with E-state index in [9.17, 15) is 37.5 Å². The Morgan fingerprint density at radius 1 is 0.971 bits per heavy atom. The summed E-state index contributed by atoms with van der Waals surface area (Å²) in [5, 5.41) is 33.9. The number of fused-ring (bicyclic) bond motifs is 1. The van der Waals surface area contributed by atoms with E-state index in [1.54, 1.807) is 16.4 Å². The SMILES string of the molecule is Cn1nc(C2CCC(=O)NC2=O)c2ccc(C3CCCCC(C(=O)C4(c5cccc(CS(=O)(=O)N6CC[C@H](Nc7cccc(-c8sc(C(=O)O)c(OCC(=O)O)c8Cl)c7)CC6(C)C)c5)CN4)CC3)cc21. The molecule has 370 valence electrons. The number of thiophene rings is 1. The standard InChI is InChI=1S/C51H57ClN6O10S2/c1-50(2)25-36(54-35-13-7-11-33(23-35)45-42(52)44(68-26-41(60)61)46(69-45)49(64)65)20-21-58(50)70(66,67)27-29-8-6-12-34(22-29)51(28-53-51)47(62)31-10-5-4-9-30(14-15-31)32-16-17-37-39(24-32)57(3)56-43(37)38-18-19-40(59)55-48(38)63/h6-8,11-13,16-17,22-24,30-31,36,38,53-54H,4-5,9-10,14-15,18-21,25-28H2,1-3H3,(H,60,61)(H,64,65)(H,55,59,63)/t30?,31?,36-,38?,51?/m0/s1. The third kappa shape index (κ3) is 9.98. The summed E-state index contributed by atoms with van der Waals surface area (Å²) in [5.74, 6) is -3.75. The summed E-state index contributed by atoms with van der Waals surface area (Å²) in [6.45, 7) is 3.87. The van der Waals surface area contributed by atoms with Crippen LogP contribution in [0, 0.1) is 5.92 Å². The number of carboxylic acids is 2. The van der Waals surface area contributed by atoms with Gasteiger partial charge in [0.2, 0.25) is 21.8 Å². The van der Waals surface area contributed by atoms with Crippen molar-refractivity contribution < 1.29 is 47.3 Å². The number of benzene rings is 3. The fourth-order valence-corrected chi connectivity index (χ4v) is 14.4. The molecule has 2 aromatic heterocycles. The number of aromatic carboxylic acids is 1. The Balaban J connectivity index is 0.835. The number of amides is 2. The number of rotatable bonds is 15. The molecule has 1 aliphatic carbocycles. The van der Waals surface area contributed by atoms with Gasteiger partial charge in [-0.15, -0.1) is 11.3 Å². The molecule has 19 heteroatoms. The van der Waals surface area contributed by atoms with E-state index in [0.717, 1.165) is 72.0 Å². The highest BCUT2D eigenvalue weighted by Gasteiger charge is 2.53. The van der Waals surface area contributed by atoms with E-state index < -0.39 is 45.6 Å². The highest BCUT2D eigenvalue weighted by Crippen LogP contribution is 2.47. The molecular weight excluding hydrogens is 956 g/mol. The number of carboxylic acid groups (broad SMARTS) is 2. The molecule has 3 aliphatic heterocycles. The molecule has 0 bridgehead atoms. The minimum Gasteiger partial charge on any atom is -0.479 e. The second kappa shape index (κ2) is 19.5. The number of hydrogen-bond acceptors (Lipinski definition) is 12. The van der Waals surface area contributed by atoms with Gasteiger partial charge in [-0.25, -0.2) is 18.0 Å². The second-order valence-corrected chi connectivity index (χ2v) is 23.1. The maximum absolute atomic E-state index is 14.6. The highest BCUT2D eigenvalue weighted by atomic mass is 35.5. The van der Waals surface area contributed by atoms with Gasteiger partial charge < -0.3 is 20.3 Å². The fourth-order valence-electron chi connectivity index (χ4n) is 11.0. The molecule has 1 saturated carbocycles. The number of halogens is 1. The topological polar surface area (TPSA) is 236 Å². The first-order valence-corrected chi connectivity index (χ1v) is 26.6. The summed E-state index contributed by atoms with van der Waals surface area (Å²) in [7, 11) is -1.92. The lowest BCUT2D eigenvalue weighted by atomic mass is 9.76. The van der Waals surface area contributed by atoms with Crippen LogP contribution in [0.1, 0.15) is 122 Å². The van der Waals surface area contributed by atoms with Crippen LogP contribution in [0.25, 0.3) is 21.3 Å². The molecular formula is C51H57ClN6O10S2. The number of anilines is 1. The second-order valence-electron chi connectivity index (χ2n) is 19.8. The van der Waals surface area contributed by atoms with Crippen molar-refractivity contribution in [3.8, 4) is 16.2 Å². The van der Waals surface area contributed by atoms with Crippen molar-refractivity contribution in [2.75, 3.05) is 25.0 Å². The number of aryl methyl sites for hydroxylation is 1. The molecule has 70 heavy (non-hydrogen) atoms. The Morgan fingerprint density at radius 2 is 1.74 bits per heavy atom. The Hall–Kier alpha value is -5.66. The normalized spacial score (nSPS) is 24.1. The van der Waals surface area contributed by atoms with Crippen LogP contribution in [0.2, 0.25) is 5.02 Å². The molecule has 0 spiro atoms. The molecule has 2 amide bonds. The van der Waals surface area contributed by atoms with E-state index >= 15 is 0 Å². The summed E-state index contributed by atoms with van der Waals surface area (Å²) in [5.41, 5.74) is 3.94. The number of aliphatic carboxylic acids is 1. The summed E-state index contributed by atoms with van der Waals surface area (Å²) < 4.78 is 37.2. The van der Waals surface area contributed by atoms with Gasteiger partial charge in [0.05, 0.1) is 27.8 Å². The zero-order valence-corrected chi connectivity index (χ0v) is 41.6. The van der Waals surface area contributed by atoms with Gasteiger partial charge in [0.1, 0.15) is 10.6 Å². The summed E-state index contributed by atoms with van der Waals surface area (Å²) in [6, 6.07) is 20.9. The molecule has 5 heterocycles. The summed E-state index contributed by atoms with van der Waals surface area (Å²) >= 11 is 7.44. The maximum Gasteiger partial charge on any atom is 0.349 e. The van der Waals surface area contributed by atoms with Crippen LogP contribution >= 0.6 is 22.9 Å². The van der Waals surface area contributed by atoms with Crippen molar-refractivity contribution in [1.82, 2.24) is 24.7 Å². The number of hydrogen-bond donors (Lipinski definition) is 5. The van der Waals surface area contributed by atoms with Crippen LogP contribution in [-0.4, -0.2) is 93.5 Å². The highest BCUT2D eigenvalue weighted by molar-refractivity contribution is 7.88. The van der Waals surface area contributed by atoms with Crippen LogP contribution in [-0.2, 0) is 47.5 Å². The third-order valence-electron chi connectivity index (χ3n) is 14.5. The number of nitrogens with one attached hydrogen (secondary N) is 3. The number of nitrogens with zero attached hydrogens (tertiary/aromatic N) is 3. The molecule has 4 aliphatic rings. The van der Waals surface area contributed by atoms with Crippen LogP contribution in [0.3, 0.4) is 0 Å². The average molecular weight is 1010 g/mol. The number of Topliss-reactive ketones (excluding diaryl/α,β-unsaturated/α-hetero) is 1. The molecule has 5 atom stereocenters. The monoisotopic (exact) mass is 1010 g/mol. The van der Waals surface area contributed by atoms with Gasteiger partial charge >= 0.3 is 11.9 Å². The van der Waals surface area contributed by atoms with Crippen molar-refractivity contribution in [3.05, 3.63) is 99.0 Å². The van der Waals surface area contributed by atoms with E-state index in [-0.39, 0.29) is 69.8 Å². The van der Waals surface area contributed by atoms with E-state index in [1.807, 2.05) is 68.0 Å². The van der Waals surface area contributed by atoms with Gasteiger partial charge in [0, 0.05) is 55.1 Å². The number of piperidine rings is 2. The predicted octanol–water partition coefficient (Wildman–Crippen LogP) is 7.94. The minimum absolute atomic E-state index is 0.00774. The number of sulfonamides is 1. The smallest absolute Gasteiger partial charge is 0.349 e. The van der Waals surface area contributed by atoms with Gasteiger partial charge in [-0.1, -0.05) is 73.0 Å². The Labute approximate surface area is 415 Å². The first kappa shape index (κ1) is 49.3. The number of aromatic nitrogens is 2. The van der Waals surface area contributed by atoms with Gasteiger partial charge in [0.15, 0.2) is 23.0 Å². The minimum atomic E-state index is -3.80. The van der Waals surface area contributed by atoms with Crippen molar-refractivity contribution in [2.45, 2.75) is 113 Å². The summed E-state index contributed by atoms with van der Waals surface area (Å²) in [6.07, 6.45) is 7.04. The summed E-state index contributed by atoms with van der Waals surface area (Å²) in [4.78, 5) is 62.4. The predicted molar refractivity (Wildman–Crippen MR) is 266 cm³/mol. The molecule has 9 rings (SSSR count). The number of carbonyl (C=O) groups is 5. The molecule has 5 aromatic rings. The van der Waals surface area contributed by atoms with Crippen molar-refractivity contribution in [1.29, 1.82) is 0 Å². The fraction of sp³-hybridized carbons (Fsp3) is 0.451. The average Bonchev–Trinajstić information content (AvgIpc) is 3.95. The zero-order chi connectivity index (χ0) is 49.7. The Bertz CT molecular complexity index is 3020. The molecule has 5 N–H and O–H groups in total. The van der Waals surface area contributed by atoms with Crippen LogP contribution in [0.15, 0.2) is 66.7 Å². The van der Waals surface area contributed by atoms with E-state index in [1.165, 1.54) is 5.56 Å². The van der Waals surface area contributed by atoms with Crippen molar-refractivity contribution in [3.63, 3.8) is 0 Å². The lowest BCUT2D eigenvalue weighted by Gasteiger charge is -2.45. The van der Waals surface area contributed by atoms with E-state index in [0.29, 0.717) is 47.5 Å². The lowest BCUT2D eigenvalue weighted by molar-refractivity contribution is -0.139. The van der Waals surface area contributed by atoms with Crippen LogP contribution in [0.5, 0.6) is 5.75 Å². The third-order valence-corrected chi connectivity index (χ3v) is 18.3. The van der Waals surface area contributed by atoms with Gasteiger partial charge in [0.25, 0.3) is 0 Å². The van der Waals surface area contributed by atoms with Crippen LogP contribution < -0.4 is 20.7 Å². The van der Waals surface area contributed by atoms with Crippen LogP contribution in [0.4, 0.5) is 5.69 Å².